The van der Waals surface area contributed by atoms with E-state index in [0.29, 0.717) is 0 Å². The van der Waals surface area contributed by atoms with Crippen LogP contribution in [0.5, 0.6) is 0 Å². The van der Waals surface area contributed by atoms with Crippen molar-refractivity contribution in [3.05, 3.63) is 21.9 Å². The summed E-state index contributed by atoms with van der Waals surface area (Å²) < 4.78 is 3.07. The zero-order valence-electron chi connectivity index (χ0n) is 13.5. The summed E-state index contributed by atoms with van der Waals surface area (Å²) in [6.45, 7) is 4.63. The van der Waals surface area contributed by atoms with E-state index in [0.717, 1.165) is 11.8 Å². The van der Waals surface area contributed by atoms with Crippen molar-refractivity contribution < 1.29 is 0 Å². The Kier molecular flexibility index (Phi) is 5.39. The van der Waals surface area contributed by atoms with E-state index in [2.05, 4.69) is 26.0 Å². The van der Waals surface area contributed by atoms with Crippen LogP contribution in [-0.4, -0.2) is 0 Å². The molecule has 0 unspecified atom stereocenters. The van der Waals surface area contributed by atoms with Gasteiger partial charge in [0.2, 0.25) is 0 Å². The molecule has 2 aromatic heterocycles. The predicted octanol–water partition coefficient (Wildman–Crippen LogP) is 7.06. The van der Waals surface area contributed by atoms with E-state index in [-0.39, 0.29) is 0 Å². The minimum absolute atomic E-state index is 1.00. The van der Waals surface area contributed by atoms with E-state index in [1.54, 1.807) is 9.75 Å². The number of hydrogen-bond donors (Lipinski definition) is 0. The normalized spacial score (nSPS) is 23.0. The molecule has 0 aromatic carbocycles. The number of thiophene rings is 2. The second kappa shape index (κ2) is 7.28. The Morgan fingerprint density at radius 1 is 0.857 bits per heavy atom. The van der Waals surface area contributed by atoms with Crippen LogP contribution in [-0.2, 0) is 12.8 Å². The van der Waals surface area contributed by atoms with E-state index >= 15 is 0 Å². The van der Waals surface area contributed by atoms with Gasteiger partial charge < -0.3 is 0 Å². The monoisotopic (exact) mass is 320 g/mol. The average Bonchev–Trinajstić information content (AvgIpc) is 3.04. The zero-order chi connectivity index (χ0) is 14.7. The fourth-order valence-corrected chi connectivity index (χ4v) is 6.27. The first-order valence-electron chi connectivity index (χ1n) is 8.79. The first-order valence-corrected chi connectivity index (χ1v) is 10.4. The molecule has 0 bridgehead atoms. The van der Waals surface area contributed by atoms with Gasteiger partial charge in [-0.3, -0.25) is 0 Å². The molecule has 2 heteroatoms. The predicted molar refractivity (Wildman–Crippen MR) is 97.8 cm³/mol. The van der Waals surface area contributed by atoms with Gasteiger partial charge in [-0.25, -0.2) is 0 Å². The van der Waals surface area contributed by atoms with Gasteiger partial charge in [-0.05, 0) is 43.2 Å². The van der Waals surface area contributed by atoms with Gasteiger partial charge in [0.25, 0.3) is 0 Å². The van der Waals surface area contributed by atoms with Gasteiger partial charge in [0.15, 0.2) is 0 Å². The SMILES string of the molecule is CCCc1cc2sc(CC[C@H]3CC[C@H](CC)CC3)cc2s1. The van der Waals surface area contributed by atoms with Crippen molar-refractivity contribution >= 4 is 32.1 Å². The standard InChI is InChI=1S/C19H28S2/c1-3-5-16-12-18-19(20-16)13-17(21-18)11-10-15-8-6-14(4-2)7-9-15/h12-15H,3-11H2,1-2H3/t14-,15-. The smallest absolute Gasteiger partial charge is 0.0456 e. The average molecular weight is 321 g/mol. The van der Waals surface area contributed by atoms with Crippen LogP contribution in [0.2, 0.25) is 0 Å². The van der Waals surface area contributed by atoms with Gasteiger partial charge in [0.1, 0.15) is 0 Å². The van der Waals surface area contributed by atoms with Crippen LogP contribution in [0.3, 0.4) is 0 Å². The molecular formula is C19H28S2. The summed E-state index contributed by atoms with van der Waals surface area (Å²) in [7, 11) is 0. The fraction of sp³-hybridized carbons (Fsp3) is 0.684. The quantitative estimate of drug-likeness (QED) is 0.534. The van der Waals surface area contributed by atoms with Crippen molar-refractivity contribution in [1.82, 2.24) is 0 Å². The minimum Gasteiger partial charge on any atom is -0.139 e. The molecule has 0 N–H and O–H groups in total. The summed E-state index contributed by atoms with van der Waals surface area (Å²) in [5.74, 6) is 2.04. The topological polar surface area (TPSA) is 0 Å². The molecule has 21 heavy (non-hydrogen) atoms. The molecule has 0 aliphatic heterocycles. The Morgan fingerprint density at radius 2 is 1.43 bits per heavy atom. The third-order valence-corrected chi connectivity index (χ3v) is 7.56. The molecule has 0 spiro atoms. The van der Waals surface area contributed by atoms with Gasteiger partial charge in [0, 0.05) is 19.2 Å². The lowest BCUT2D eigenvalue weighted by molar-refractivity contribution is 0.259. The lowest BCUT2D eigenvalue weighted by atomic mass is 9.79. The van der Waals surface area contributed by atoms with E-state index < -0.39 is 0 Å². The maximum atomic E-state index is 2.47. The Bertz CT molecular complexity index is 524. The summed E-state index contributed by atoms with van der Waals surface area (Å²) in [6.07, 6.45) is 12.6. The molecule has 0 atom stereocenters. The summed E-state index contributed by atoms with van der Waals surface area (Å²) in [5, 5.41) is 0. The van der Waals surface area contributed by atoms with Gasteiger partial charge in [-0.2, -0.15) is 0 Å². The highest BCUT2D eigenvalue weighted by Crippen LogP contribution is 2.37. The summed E-state index contributed by atoms with van der Waals surface area (Å²) in [5.41, 5.74) is 0. The Morgan fingerprint density at radius 3 is 2.00 bits per heavy atom. The maximum Gasteiger partial charge on any atom is 0.0456 e. The first kappa shape index (κ1) is 15.6. The highest BCUT2D eigenvalue weighted by Gasteiger charge is 2.20. The second-order valence-electron chi connectivity index (χ2n) is 6.74. The molecule has 0 radical (unpaired) electrons. The van der Waals surface area contributed by atoms with E-state index in [1.807, 2.05) is 22.7 Å². The molecule has 116 valence electrons. The molecular weight excluding hydrogens is 292 g/mol. The van der Waals surface area contributed by atoms with Crippen molar-refractivity contribution in [2.75, 3.05) is 0 Å². The van der Waals surface area contributed by atoms with E-state index in [9.17, 15) is 0 Å². The van der Waals surface area contributed by atoms with Gasteiger partial charge >= 0.3 is 0 Å². The lowest BCUT2D eigenvalue weighted by Gasteiger charge is -2.27. The van der Waals surface area contributed by atoms with Crippen molar-refractivity contribution in [1.29, 1.82) is 0 Å². The minimum atomic E-state index is 1.00. The third kappa shape index (κ3) is 3.90. The molecule has 1 fully saturated rings. The fourth-order valence-electron chi connectivity index (χ4n) is 3.70. The van der Waals surface area contributed by atoms with Crippen molar-refractivity contribution in [3.8, 4) is 0 Å². The molecule has 2 aromatic rings. The van der Waals surface area contributed by atoms with Gasteiger partial charge in [-0.1, -0.05) is 52.4 Å². The highest BCUT2D eigenvalue weighted by molar-refractivity contribution is 7.27. The number of rotatable bonds is 6. The summed E-state index contributed by atoms with van der Waals surface area (Å²) in [4.78, 5) is 3.19. The van der Waals surface area contributed by atoms with Crippen LogP contribution < -0.4 is 0 Å². The first-order chi connectivity index (χ1) is 10.3. The largest absolute Gasteiger partial charge is 0.139 e. The highest BCUT2D eigenvalue weighted by atomic mass is 32.1. The van der Waals surface area contributed by atoms with Crippen LogP contribution in [0, 0.1) is 11.8 Å². The van der Waals surface area contributed by atoms with E-state index in [1.165, 1.54) is 67.2 Å². The van der Waals surface area contributed by atoms with Gasteiger partial charge in [-0.15, -0.1) is 22.7 Å². The maximum absolute atomic E-state index is 2.47. The van der Waals surface area contributed by atoms with Gasteiger partial charge in [0.05, 0.1) is 0 Å². The molecule has 2 heterocycles. The Hall–Kier alpha value is -0.340. The van der Waals surface area contributed by atoms with Crippen LogP contribution in [0.25, 0.3) is 9.40 Å². The summed E-state index contributed by atoms with van der Waals surface area (Å²) in [6, 6.07) is 4.91. The molecule has 1 saturated carbocycles. The molecule has 0 nitrogen and oxygen atoms in total. The van der Waals surface area contributed by atoms with Crippen LogP contribution in [0.4, 0.5) is 0 Å². The molecule has 0 saturated heterocycles. The molecule has 1 aliphatic carbocycles. The molecule has 3 rings (SSSR count). The van der Waals surface area contributed by atoms with Crippen LogP contribution >= 0.6 is 22.7 Å². The Balaban J connectivity index is 1.52. The second-order valence-corrected chi connectivity index (χ2v) is 9.07. The zero-order valence-corrected chi connectivity index (χ0v) is 15.1. The van der Waals surface area contributed by atoms with Crippen molar-refractivity contribution in [2.24, 2.45) is 11.8 Å². The van der Waals surface area contributed by atoms with Crippen molar-refractivity contribution in [3.63, 3.8) is 0 Å². The Labute approximate surface area is 137 Å². The number of aryl methyl sites for hydroxylation is 2. The van der Waals surface area contributed by atoms with E-state index in [4.69, 9.17) is 0 Å². The number of hydrogen-bond acceptors (Lipinski definition) is 2. The van der Waals surface area contributed by atoms with Crippen molar-refractivity contribution in [2.45, 2.75) is 71.6 Å². The third-order valence-electron chi connectivity index (χ3n) is 5.15. The lowest BCUT2D eigenvalue weighted by Crippen LogP contribution is -2.14. The molecule has 1 aliphatic rings. The molecule has 0 amide bonds. The number of fused-ring (bicyclic) bond motifs is 1. The van der Waals surface area contributed by atoms with Crippen LogP contribution in [0.1, 0.15) is 68.5 Å². The van der Waals surface area contributed by atoms with Crippen LogP contribution in [0.15, 0.2) is 12.1 Å². The summed E-state index contributed by atoms with van der Waals surface area (Å²) >= 11 is 4.07.